The number of hydrogen-bond acceptors (Lipinski definition) is 2. The molecule has 0 saturated heterocycles. The van der Waals surface area contributed by atoms with Crippen LogP contribution in [0.4, 0.5) is 13.2 Å². The fourth-order valence-corrected chi connectivity index (χ4v) is 2.06. The van der Waals surface area contributed by atoms with E-state index in [1.54, 1.807) is 13.8 Å². The van der Waals surface area contributed by atoms with Gasteiger partial charge in [-0.25, -0.2) is 0 Å². The number of carboxylic acids is 1. The number of carbonyl (C=O) groups is 1. The molecule has 0 amide bonds. The van der Waals surface area contributed by atoms with Gasteiger partial charge in [0.05, 0.1) is 17.6 Å². The number of aliphatic hydroxyl groups is 1. The van der Waals surface area contributed by atoms with E-state index in [-0.39, 0.29) is 18.8 Å². The third-order valence-corrected chi connectivity index (χ3v) is 3.66. The molecule has 0 radical (unpaired) electrons. The van der Waals surface area contributed by atoms with Gasteiger partial charge in [0.1, 0.15) is 0 Å². The second-order valence-corrected chi connectivity index (χ2v) is 5.52. The summed E-state index contributed by atoms with van der Waals surface area (Å²) in [7, 11) is 0. The molecule has 0 aliphatic rings. The summed E-state index contributed by atoms with van der Waals surface area (Å²) in [5, 5.41) is 19.2. The van der Waals surface area contributed by atoms with Gasteiger partial charge < -0.3 is 10.2 Å². The van der Waals surface area contributed by atoms with Crippen LogP contribution in [0.1, 0.15) is 37.8 Å². The van der Waals surface area contributed by atoms with Gasteiger partial charge in [0.25, 0.3) is 0 Å². The minimum Gasteiger partial charge on any atom is -0.481 e. The molecule has 0 saturated carbocycles. The quantitative estimate of drug-likeness (QED) is 0.845. The topological polar surface area (TPSA) is 57.5 Å². The maximum absolute atomic E-state index is 12.4. The van der Waals surface area contributed by atoms with Crippen LogP contribution in [0.25, 0.3) is 0 Å². The lowest BCUT2D eigenvalue weighted by molar-refractivity contribution is -0.145. The van der Waals surface area contributed by atoms with Gasteiger partial charge in [-0.05, 0) is 36.5 Å². The highest BCUT2D eigenvalue weighted by molar-refractivity contribution is 5.68. The first-order valence-electron chi connectivity index (χ1n) is 6.65. The number of aliphatic carboxylic acids is 1. The number of carboxylic acid groups (broad SMARTS) is 1. The molecule has 1 aromatic rings. The van der Waals surface area contributed by atoms with E-state index in [0.717, 1.165) is 12.1 Å². The number of halogens is 3. The Balaban J connectivity index is 2.75. The molecule has 0 spiro atoms. The Labute approximate surface area is 121 Å². The van der Waals surface area contributed by atoms with Crippen molar-refractivity contribution >= 4 is 5.97 Å². The molecule has 6 heteroatoms. The summed E-state index contributed by atoms with van der Waals surface area (Å²) in [6, 6.07) is 4.68. The molecule has 1 rings (SSSR count). The predicted molar refractivity (Wildman–Crippen MR) is 71.8 cm³/mol. The Morgan fingerprint density at radius 2 is 1.71 bits per heavy atom. The lowest BCUT2D eigenvalue weighted by Crippen LogP contribution is -2.38. The highest BCUT2D eigenvalue weighted by Gasteiger charge is 2.33. The number of hydrogen-bond donors (Lipinski definition) is 2. The summed E-state index contributed by atoms with van der Waals surface area (Å²) in [6.45, 7) is 3.44. The van der Waals surface area contributed by atoms with Crippen molar-refractivity contribution in [1.82, 2.24) is 0 Å². The molecule has 21 heavy (non-hydrogen) atoms. The van der Waals surface area contributed by atoms with Gasteiger partial charge in [0.2, 0.25) is 0 Å². The largest absolute Gasteiger partial charge is 0.481 e. The van der Waals surface area contributed by atoms with Crippen LogP contribution in [0.3, 0.4) is 0 Å². The highest BCUT2D eigenvalue weighted by atomic mass is 19.4. The molecule has 1 aromatic carbocycles. The molecule has 0 heterocycles. The standard InChI is InChI=1S/C15H19F3O3/c1-10(2)14(21,9-13(19)20)8-7-11-3-5-12(6-4-11)15(16,17)18/h3-6,10,21H,7-9H2,1-2H3,(H,19,20). The fraction of sp³-hybridized carbons (Fsp3) is 0.533. The minimum absolute atomic E-state index is 0.183. The highest BCUT2D eigenvalue weighted by Crippen LogP contribution is 2.30. The summed E-state index contributed by atoms with van der Waals surface area (Å²) < 4.78 is 37.3. The SMILES string of the molecule is CC(C)C(O)(CCc1ccc(C(F)(F)F)cc1)CC(=O)O. The van der Waals surface area contributed by atoms with Gasteiger partial charge in [0, 0.05) is 0 Å². The molecular weight excluding hydrogens is 285 g/mol. The van der Waals surface area contributed by atoms with Crippen LogP contribution < -0.4 is 0 Å². The van der Waals surface area contributed by atoms with Gasteiger partial charge in [-0.3, -0.25) is 4.79 Å². The summed E-state index contributed by atoms with van der Waals surface area (Å²) in [5.74, 6) is -1.36. The lowest BCUT2D eigenvalue weighted by atomic mass is 9.82. The number of benzene rings is 1. The van der Waals surface area contributed by atoms with Crippen molar-refractivity contribution in [3.8, 4) is 0 Å². The first kappa shape index (κ1) is 17.5. The van der Waals surface area contributed by atoms with Crippen molar-refractivity contribution in [3.05, 3.63) is 35.4 Å². The fourth-order valence-electron chi connectivity index (χ4n) is 2.06. The normalized spacial score (nSPS) is 15.0. The zero-order valence-electron chi connectivity index (χ0n) is 11.9. The van der Waals surface area contributed by atoms with Crippen molar-refractivity contribution in [2.75, 3.05) is 0 Å². The summed E-state index contributed by atoms with van der Waals surface area (Å²) in [4.78, 5) is 10.8. The van der Waals surface area contributed by atoms with Crippen molar-refractivity contribution in [3.63, 3.8) is 0 Å². The van der Waals surface area contributed by atoms with Crippen molar-refractivity contribution in [2.45, 2.75) is 44.9 Å². The van der Waals surface area contributed by atoms with Gasteiger partial charge in [-0.15, -0.1) is 0 Å². The van der Waals surface area contributed by atoms with Crippen LogP contribution in [0, 0.1) is 5.92 Å². The maximum Gasteiger partial charge on any atom is 0.416 e. The molecule has 0 aliphatic carbocycles. The Kier molecular flexibility index (Phi) is 5.39. The van der Waals surface area contributed by atoms with Crippen LogP contribution in [-0.2, 0) is 17.4 Å². The molecule has 0 aromatic heterocycles. The number of aryl methyl sites for hydroxylation is 1. The summed E-state index contributed by atoms with van der Waals surface area (Å²) >= 11 is 0. The van der Waals surface area contributed by atoms with E-state index in [1.807, 2.05) is 0 Å². The Hall–Kier alpha value is -1.56. The first-order valence-corrected chi connectivity index (χ1v) is 6.65. The van der Waals surface area contributed by atoms with E-state index in [4.69, 9.17) is 5.11 Å². The molecule has 3 nitrogen and oxygen atoms in total. The Morgan fingerprint density at radius 3 is 2.10 bits per heavy atom. The van der Waals surface area contributed by atoms with E-state index in [0.29, 0.717) is 12.0 Å². The number of rotatable bonds is 6. The monoisotopic (exact) mass is 304 g/mol. The van der Waals surface area contributed by atoms with Crippen molar-refractivity contribution in [2.24, 2.45) is 5.92 Å². The Morgan fingerprint density at radius 1 is 1.19 bits per heavy atom. The van der Waals surface area contributed by atoms with E-state index in [9.17, 15) is 23.1 Å². The molecule has 1 unspecified atom stereocenters. The van der Waals surface area contributed by atoms with E-state index in [2.05, 4.69) is 0 Å². The molecule has 118 valence electrons. The van der Waals surface area contributed by atoms with Crippen LogP contribution in [0.5, 0.6) is 0 Å². The summed E-state index contributed by atoms with van der Waals surface area (Å²) in [5.41, 5.74) is -1.46. The Bertz CT molecular complexity index is 480. The molecule has 1 atom stereocenters. The lowest BCUT2D eigenvalue weighted by Gasteiger charge is -2.30. The van der Waals surface area contributed by atoms with Crippen molar-refractivity contribution < 1.29 is 28.2 Å². The van der Waals surface area contributed by atoms with Crippen LogP contribution in [-0.4, -0.2) is 21.8 Å². The van der Waals surface area contributed by atoms with E-state index < -0.39 is 23.3 Å². The predicted octanol–water partition coefficient (Wildman–Crippen LogP) is 3.50. The average Bonchev–Trinajstić information content (AvgIpc) is 2.35. The van der Waals surface area contributed by atoms with Gasteiger partial charge >= 0.3 is 12.1 Å². The second-order valence-electron chi connectivity index (χ2n) is 5.52. The molecule has 0 aliphatic heterocycles. The van der Waals surface area contributed by atoms with E-state index in [1.165, 1.54) is 12.1 Å². The first-order chi connectivity index (χ1) is 9.54. The van der Waals surface area contributed by atoms with Crippen LogP contribution >= 0.6 is 0 Å². The molecule has 2 N–H and O–H groups in total. The zero-order valence-corrected chi connectivity index (χ0v) is 11.9. The third kappa shape index (κ3) is 5.04. The smallest absolute Gasteiger partial charge is 0.416 e. The maximum atomic E-state index is 12.4. The second kappa shape index (κ2) is 6.47. The van der Waals surface area contributed by atoms with Crippen molar-refractivity contribution in [1.29, 1.82) is 0 Å². The zero-order chi connectivity index (χ0) is 16.3. The van der Waals surface area contributed by atoms with E-state index >= 15 is 0 Å². The molecular formula is C15H19F3O3. The number of alkyl halides is 3. The van der Waals surface area contributed by atoms with Crippen LogP contribution in [0.15, 0.2) is 24.3 Å². The average molecular weight is 304 g/mol. The molecule has 0 fully saturated rings. The van der Waals surface area contributed by atoms with Gasteiger partial charge in [-0.1, -0.05) is 26.0 Å². The summed E-state index contributed by atoms with van der Waals surface area (Å²) in [6.07, 6.45) is -4.26. The van der Waals surface area contributed by atoms with Crippen LogP contribution in [0.2, 0.25) is 0 Å². The minimum atomic E-state index is -4.37. The van der Waals surface area contributed by atoms with Gasteiger partial charge in [-0.2, -0.15) is 13.2 Å². The molecule has 0 bridgehead atoms. The third-order valence-electron chi connectivity index (χ3n) is 3.66. The van der Waals surface area contributed by atoms with Gasteiger partial charge in [0.15, 0.2) is 0 Å².